The van der Waals surface area contributed by atoms with Gasteiger partial charge in [0, 0.05) is 13.1 Å². The molecule has 2 atom stereocenters. The Bertz CT molecular complexity index is 143. The number of hydrogen-bond donors (Lipinski definition) is 0. The molecule has 84 valence electrons. The van der Waals surface area contributed by atoms with Gasteiger partial charge in [-0.3, -0.25) is 0 Å². The lowest BCUT2D eigenvalue weighted by atomic mass is 9.81. The van der Waals surface area contributed by atoms with Gasteiger partial charge < -0.3 is 4.90 Å². The SMILES string of the molecule is CCCCCN1CC(C)C(C)C(C)C1. The zero-order chi connectivity index (χ0) is 10.6. The zero-order valence-electron chi connectivity index (χ0n) is 10.4. The predicted octanol–water partition coefficient (Wildman–Crippen LogP) is 3.40. The molecule has 1 heterocycles. The van der Waals surface area contributed by atoms with Crippen LogP contribution in [0.3, 0.4) is 0 Å². The molecule has 0 saturated carbocycles. The molecule has 1 fully saturated rings. The summed E-state index contributed by atoms with van der Waals surface area (Å²) >= 11 is 0. The monoisotopic (exact) mass is 197 g/mol. The maximum atomic E-state index is 2.67. The van der Waals surface area contributed by atoms with Crippen molar-refractivity contribution >= 4 is 0 Å². The minimum Gasteiger partial charge on any atom is -0.303 e. The summed E-state index contributed by atoms with van der Waals surface area (Å²) in [6, 6.07) is 0. The van der Waals surface area contributed by atoms with E-state index in [0.717, 1.165) is 17.8 Å². The van der Waals surface area contributed by atoms with E-state index in [1.165, 1.54) is 38.9 Å². The van der Waals surface area contributed by atoms with Gasteiger partial charge in [0.1, 0.15) is 0 Å². The normalized spacial score (nSPS) is 34.7. The third-order valence-corrected chi connectivity index (χ3v) is 3.97. The van der Waals surface area contributed by atoms with Gasteiger partial charge in [0.15, 0.2) is 0 Å². The van der Waals surface area contributed by atoms with Gasteiger partial charge in [0.25, 0.3) is 0 Å². The van der Waals surface area contributed by atoms with E-state index in [1.807, 2.05) is 0 Å². The molecule has 2 unspecified atom stereocenters. The lowest BCUT2D eigenvalue weighted by Crippen LogP contribution is -2.43. The lowest BCUT2D eigenvalue weighted by molar-refractivity contribution is 0.0870. The van der Waals surface area contributed by atoms with Crippen LogP contribution in [0.1, 0.15) is 47.0 Å². The summed E-state index contributed by atoms with van der Waals surface area (Å²) in [5.74, 6) is 2.69. The molecule has 0 bridgehead atoms. The van der Waals surface area contributed by atoms with Crippen LogP contribution in [-0.2, 0) is 0 Å². The fourth-order valence-corrected chi connectivity index (χ4v) is 2.55. The summed E-state index contributed by atoms with van der Waals surface area (Å²) in [6.07, 6.45) is 4.13. The van der Waals surface area contributed by atoms with Crippen LogP contribution in [0.2, 0.25) is 0 Å². The Morgan fingerprint density at radius 2 is 1.57 bits per heavy atom. The van der Waals surface area contributed by atoms with Crippen molar-refractivity contribution in [3.8, 4) is 0 Å². The van der Waals surface area contributed by atoms with Crippen molar-refractivity contribution in [3.05, 3.63) is 0 Å². The quantitative estimate of drug-likeness (QED) is 0.624. The first-order valence-electron chi connectivity index (χ1n) is 6.37. The summed E-state index contributed by atoms with van der Waals surface area (Å²) in [5, 5.41) is 0. The predicted molar refractivity (Wildman–Crippen MR) is 63.5 cm³/mol. The van der Waals surface area contributed by atoms with Gasteiger partial charge in [-0.05, 0) is 30.7 Å². The first-order chi connectivity index (χ1) is 6.65. The van der Waals surface area contributed by atoms with E-state index in [4.69, 9.17) is 0 Å². The first kappa shape index (κ1) is 12.0. The summed E-state index contributed by atoms with van der Waals surface area (Å²) in [5.41, 5.74) is 0. The van der Waals surface area contributed by atoms with Crippen LogP contribution in [0.4, 0.5) is 0 Å². The largest absolute Gasteiger partial charge is 0.303 e. The maximum absolute atomic E-state index is 2.67. The Labute approximate surface area is 89.9 Å². The molecule has 0 aromatic heterocycles. The van der Waals surface area contributed by atoms with Gasteiger partial charge in [0.05, 0.1) is 0 Å². The smallest absolute Gasteiger partial charge is 0.000979 e. The van der Waals surface area contributed by atoms with Crippen LogP contribution in [0.25, 0.3) is 0 Å². The van der Waals surface area contributed by atoms with Crippen LogP contribution >= 0.6 is 0 Å². The Kier molecular flexibility index (Phi) is 4.94. The second kappa shape index (κ2) is 5.75. The number of unbranched alkanes of at least 4 members (excludes halogenated alkanes) is 2. The number of rotatable bonds is 4. The van der Waals surface area contributed by atoms with E-state index in [1.54, 1.807) is 0 Å². The topological polar surface area (TPSA) is 3.24 Å². The molecule has 0 N–H and O–H groups in total. The van der Waals surface area contributed by atoms with Crippen molar-refractivity contribution < 1.29 is 0 Å². The Morgan fingerprint density at radius 1 is 1.00 bits per heavy atom. The molecule has 1 rings (SSSR count). The molecule has 1 saturated heterocycles. The van der Waals surface area contributed by atoms with Crippen LogP contribution in [0.15, 0.2) is 0 Å². The third-order valence-electron chi connectivity index (χ3n) is 3.97. The van der Waals surface area contributed by atoms with Crippen molar-refractivity contribution in [3.63, 3.8) is 0 Å². The average Bonchev–Trinajstić information content (AvgIpc) is 2.14. The number of likely N-dealkylation sites (tertiary alicyclic amines) is 1. The van der Waals surface area contributed by atoms with Crippen molar-refractivity contribution in [2.24, 2.45) is 17.8 Å². The van der Waals surface area contributed by atoms with Gasteiger partial charge in [-0.25, -0.2) is 0 Å². The molecular formula is C13H27N. The summed E-state index contributed by atoms with van der Waals surface area (Å²) < 4.78 is 0. The van der Waals surface area contributed by atoms with Gasteiger partial charge in [-0.1, -0.05) is 40.5 Å². The summed E-state index contributed by atoms with van der Waals surface area (Å²) in [6.45, 7) is 13.5. The molecule has 0 radical (unpaired) electrons. The van der Waals surface area contributed by atoms with E-state index in [9.17, 15) is 0 Å². The molecule has 1 nitrogen and oxygen atoms in total. The molecule has 0 aromatic rings. The van der Waals surface area contributed by atoms with E-state index >= 15 is 0 Å². The van der Waals surface area contributed by atoms with E-state index in [-0.39, 0.29) is 0 Å². The maximum Gasteiger partial charge on any atom is 0.000979 e. The summed E-state index contributed by atoms with van der Waals surface area (Å²) in [7, 11) is 0. The average molecular weight is 197 g/mol. The number of nitrogens with zero attached hydrogens (tertiary/aromatic N) is 1. The number of hydrogen-bond acceptors (Lipinski definition) is 1. The Morgan fingerprint density at radius 3 is 2.07 bits per heavy atom. The molecule has 0 spiro atoms. The molecule has 14 heavy (non-hydrogen) atoms. The molecule has 0 aromatic carbocycles. The zero-order valence-corrected chi connectivity index (χ0v) is 10.4. The molecule has 1 heteroatoms. The number of piperidine rings is 1. The van der Waals surface area contributed by atoms with Gasteiger partial charge in [-0.2, -0.15) is 0 Å². The molecular weight excluding hydrogens is 170 g/mol. The highest BCUT2D eigenvalue weighted by Gasteiger charge is 2.27. The summed E-state index contributed by atoms with van der Waals surface area (Å²) in [4.78, 5) is 2.67. The molecule has 0 aliphatic carbocycles. The minimum absolute atomic E-state index is 0.889. The second-order valence-corrected chi connectivity index (χ2v) is 5.28. The van der Waals surface area contributed by atoms with Crippen LogP contribution < -0.4 is 0 Å². The minimum atomic E-state index is 0.889. The first-order valence-corrected chi connectivity index (χ1v) is 6.37. The van der Waals surface area contributed by atoms with Crippen molar-refractivity contribution in [1.29, 1.82) is 0 Å². The van der Waals surface area contributed by atoms with Crippen molar-refractivity contribution in [2.45, 2.75) is 47.0 Å². The van der Waals surface area contributed by atoms with E-state index < -0.39 is 0 Å². The Hall–Kier alpha value is -0.0400. The Balaban J connectivity index is 2.27. The second-order valence-electron chi connectivity index (χ2n) is 5.28. The van der Waals surface area contributed by atoms with Crippen molar-refractivity contribution in [1.82, 2.24) is 4.90 Å². The van der Waals surface area contributed by atoms with Crippen LogP contribution in [0.5, 0.6) is 0 Å². The molecule has 1 aliphatic heterocycles. The van der Waals surface area contributed by atoms with E-state index in [0.29, 0.717) is 0 Å². The standard InChI is InChI=1S/C13H27N/c1-5-6-7-8-14-9-11(2)13(4)12(3)10-14/h11-13H,5-10H2,1-4H3. The highest BCUT2D eigenvalue weighted by Crippen LogP contribution is 2.27. The fraction of sp³-hybridized carbons (Fsp3) is 1.00. The van der Waals surface area contributed by atoms with Crippen LogP contribution in [-0.4, -0.2) is 24.5 Å². The fourth-order valence-electron chi connectivity index (χ4n) is 2.55. The van der Waals surface area contributed by atoms with Crippen LogP contribution in [0, 0.1) is 17.8 Å². The van der Waals surface area contributed by atoms with Gasteiger partial charge in [0.2, 0.25) is 0 Å². The van der Waals surface area contributed by atoms with Gasteiger partial charge >= 0.3 is 0 Å². The third kappa shape index (κ3) is 3.27. The lowest BCUT2D eigenvalue weighted by Gasteiger charge is -2.39. The van der Waals surface area contributed by atoms with E-state index in [2.05, 4.69) is 32.6 Å². The van der Waals surface area contributed by atoms with Crippen molar-refractivity contribution in [2.75, 3.05) is 19.6 Å². The highest BCUT2D eigenvalue weighted by atomic mass is 15.1. The molecule has 0 amide bonds. The molecule has 1 aliphatic rings. The van der Waals surface area contributed by atoms with Gasteiger partial charge in [-0.15, -0.1) is 0 Å². The highest BCUT2D eigenvalue weighted by molar-refractivity contribution is 4.79.